The molecule has 2 heterocycles. The second kappa shape index (κ2) is 4.81. The number of nitrogens with zero attached hydrogens (tertiary/aromatic N) is 4. The van der Waals surface area contributed by atoms with E-state index >= 15 is 0 Å². The molecule has 0 radical (unpaired) electrons. The Morgan fingerprint density at radius 2 is 2.05 bits per heavy atom. The first-order chi connectivity index (χ1) is 9.25. The minimum absolute atomic E-state index is 0.0564. The molecule has 0 aliphatic heterocycles. The maximum atomic E-state index is 6.26. The molecule has 108 valence electrons. The maximum Gasteiger partial charge on any atom is 0.132 e. The first kappa shape index (κ1) is 14.4. The van der Waals surface area contributed by atoms with E-state index in [2.05, 4.69) is 37.4 Å². The van der Waals surface area contributed by atoms with Crippen LogP contribution in [0.15, 0.2) is 18.9 Å². The molecule has 0 saturated heterocycles. The van der Waals surface area contributed by atoms with Gasteiger partial charge in [0.05, 0.1) is 5.69 Å². The number of nitrogen functional groups attached to an aromatic ring is 1. The highest BCUT2D eigenvalue weighted by molar-refractivity contribution is 5.73. The molecule has 0 saturated carbocycles. The van der Waals surface area contributed by atoms with Gasteiger partial charge < -0.3 is 10.3 Å². The second-order valence-corrected chi connectivity index (χ2v) is 6.11. The van der Waals surface area contributed by atoms with Crippen LogP contribution in [0.25, 0.3) is 11.3 Å². The fourth-order valence-corrected chi connectivity index (χ4v) is 2.36. The minimum atomic E-state index is -0.0564. The van der Waals surface area contributed by atoms with E-state index in [1.54, 1.807) is 0 Å². The number of nitrogens with two attached hydrogens (primary N) is 1. The zero-order valence-corrected chi connectivity index (χ0v) is 12.9. The Morgan fingerprint density at radius 3 is 2.60 bits per heavy atom. The topological polar surface area (TPSA) is 61.7 Å². The molecule has 5 nitrogen and oxygen atoms in total. The normalized spacial score (nSPS) is 11.8. The summed E-state index contributed by atoms with van der Waals surface area (Å²) >= 11 is 0. The van der Waals surface area contributed by atoms with Crippen LogP contribution >= 0.6 is 0 Å². The summed E-state index contributed by atoms with van der Waals surface area (Å²) in [5, 5.41) is 4.58. The molecule has 0 bridgehead atoms. The van der Waals surface area contributed by atoms with Crippen LogP contribution in [0.1, 0.15) is 32.3 Å². The number of aryl methyl sites for hydroxylation is 2. The summed E-state index contributed by atoms with van der Waals surface area (Å²) in [7, 11) is 1.92. The second-order valence-electron chi connectivity index (χ2n) is 6.11. The lowest BCUT2D eigenvalue weighted by Gasteiger charge is -2.17. The van der Waals surface area contributed by atoms with Crippen LogP contribution in [0, 0.1) is 6.92 Å². The van der Waals surface area contributed by atoms with Gasteiger partial charge in [0, 0.05) is 30.8 Å². The first-order valence-electron chi connectivity index (χ1n) is 6.73. The summed E-state index contributed by atoms with van der Waals surface area (Å²) in [4.78, 5) is 4.62. The van der Waals surface area contributed by atoms with E-state index in [9.17, 15) is 0 Å². The van der Waals surface area contributed by atoms with Crippen molar-refractivity contribution in [2.75, 3.05) is 5.73 Å². The number of anilines is 1. The van der Waals surface area contributed by atoms with Crippen molar-refractivity contribution < 1.29 is 0 Å². The van der Waals surface area contributed by atoms with Gasteiger partial charge in [-0.25, -0.2) is 4.98 Å². The molecule has 0 aliphatic carbocycles. The lowest BCUT2D eigenvalue weighted by Crippen LogP contribution is -2.14. The van der Waals surface area contributed by atoms with Crippen LogP contribution < -0.4 is 5.73 Å². The average Bonchev–Trinajstić information content (AvgIpc) is 2.84. The Labute approximate surface area is 120 Å². The number of hydrogen-bond acceptors (Lipinski definition) is 3. The average molecular weight is 273 g/mol. The summed E-state index contributed by atoms with van der Waals surface area (Å²) in [5.74, 6) is 1.56. The molecular formula is C15H23N5. The molecule has 5 heteroatoms. The van der Waals surface area contributed by atoms with Gasteiger partial charge in [-0.15, -0.1) is 6.58 Å². The van der Waals surface area contributed by atoms with Gasteiger partial charge in [-0.3, -0.25) is 4.68 Å². The fourth-order valence-electron chi connectivity index (χ4n) is 2.36. The third kappa shape index (κ3) is 2.35. The van der Waals surface area contributed by atoms with E-state index in [-0.39, 0.29) is 5.41 Å². The van der Waals surface area contributed by atoms with Gasteiger partial charge in [0.2, 0.25) is 0 Å². The monoisotopic (exact) mass is 273 g/mol. The van der Waals surface area contributed by atoms with Gasteiger partial charge in [-0.2, -0.15) is 5.10 Å². The molecule has 0 aromatic carbocycles. The Bertz CT molecular complexity index is 640. The molecule has 0 aliphatic rings. The number of hydrogen-bond donors (Lipinski definition) is 1. The van der Waals surface area contributed by atoms with Crippen molar-refractivity contribution in [1.82, 2.24) is 19.3 Å². The van der Waals surface area contributed by atoms with Crippen LogP contribution in [0.4, 0.5) is 5.82 Å². The third-order valence-electron chi connectivity index (χ3n) is 3.30. The van der Waals surface area contributed by atoms with Gasteiger partial charge in [0.1, 0.15) is 17.3 Å². The highest BCUT2D eigenvalue weighted by Crippen LogP contribution is 2.34. The predicted octanol–water partition coefficient (Wildman–Crippen LogP) is 2.66. The van der Waals surface area contributed by atoms with E-state index in [0.29, 0.717) is 12.4 Å². The fraction of sp³-hybridized carbons (Fsp3) is 0.467. The molecule has 0 amide bonds. The number of allylic oxidation sites excluding steroid dienone is 1. The van der Waals surface area contributed by atoms with Crippen LogP contribution in [-0.2, 0) is 19.0 Å². The molecular weight excluding hydrogens is 250 g/mol. The van der Waals surface area contributed by atoms with Gasteiger partial charge >= 0.3 is 0 Å². The third-order valence-corrected chi connectivity index (χ3v) is 3.30. The van der Waals surface area contributed by atoms with E-state index in [0.717, 1.165) is 22.8 Å². The van der Waals surface area contributed by atoms with Gasteiger partial charge in [0.15, 0.2) is 0 Å². The Morgan fingerprint density at radius 1 is 1.40 bits per heavy atom. The van der Waals surface area contributed by atoms with Crippen molar-refractivity contribution in [2.45, 2.75) is 39.7 Å². The molecule has 0 spiro atoms. The van der Waals surface area contributed by atoms with E-state index in [4.69, 9.17) is 5.73 Å². The van der Waals surface area contributed by atoms with E-state index in [1.165, 1.54) is 0 Å². The SMILES string of the molecule is C=CCn1c(C)nc(-c2cn(C)nc2C(C)(C)C)c1N. The maximum absolute atomic E-state index is 6.26. The summed E-state index contributed by atoms with van der Waals surface area (Å²) < 4.78 is 3.78. The molecule has 0 atom stereocenters. The van der Waals surface area contributed by atoms with Crippen molar-refractivity contribution in [3.8, 4) is 11.3 Å². The Hall–Kier alpha value is -2.04. The molecule has 20 heavy (non-hydrogen) atoms. The molecule has 2 N–H and O–H groups in total. The van der Waals surface area contributed by atoms with Crippen LogP contribution in [0.5, 0.6) is 0 Å². The van der Waals surface area contributed by atoms with E-state index in [1.807, 2.05) is 35.5 Å². The van der Waals surface area contributed by atoms with Crippen molar-refractivity contribution in [1.29, 1.82) is 0 Å². The first-order valence-corrected chi connectivity index (χ1v) is 6.73. The Balaban J connectivity index is 2.64. The summed E-state index contributed by atoms with van der Waals surface area (Å²) in [5.41, 5.74) is 9.02. The standard InChI is InChI=1S/C15H23N5/c1-7-8-20-10(2)17-12(14(20)16)11-9-19(6)18-13(11)15(3,4)5/h7,9H,1,8,16H2,2-6H3. The number of imidazole rings is 1. The zero-order valence-electron chi connectivity index (χ0n) is 12.9. The largest absolute Gasteiger partial charge is 0.383 e. The molecule has 0 fully saturated rings. The highest BCUT2D eigenvalue weighted by atomic mass is 15.3. The number of rotatable bonds is 3. The van der Waals surface area contributed by atoms with Crippen molar-refractivity contribution in [3.05, 3.63) is 30.4 Å². The highest BCUT2D eigenvalue weighted by Gasteiger charge is 2.26. The molecule has 2 aromatic heterocycles. The summed E-state index contributed by atoms with van der Waals surface area (Å²) in [6.07, 6.45) is 3.81. The molecule has 2 aromatic rings. The summed E-state index contributed by atoms with van der Waals surface area (Å²) in [6.45, 7) is 12.8. The molecule has 2 rings (SSSR count). The van der Waals surface area contributed by atoms with Crippen molar-refractivity contribution in [3.63, 3.8) is 0 Å². The summed E-state index contributed by atoms with van der Waals surface area (Å²) in [6, 6.07) is 0. The van der Waals surface area contributed by atoms with Crippen molar-refractivity contribution >= 4 is 5.82 Å². The lowest BCUT2D eigenvalue weighted by atomic mass is 9.89. The van der Waals surface area contributed by atoms with Crippen LogP contribution in [0.2, 0.25) is 0 Å². The van der Waals surface area contributed by atoms with Gasteiger partial charge in [-0.1, -0.05) is 26.8 Å². The lowest BCUT2D eigenvalue weighted by molar-refractivity contribution is 0.554. The predicted molar refractivity (Wildman–Crippen MR) is 82.5 cm³/mol. The minimum Gasteiger partial charge on any atom is -0.383 e. The quantitative estimate of drug-likeness (QED) is 0.874. The Kier molecular flexibility index (Phi) is 3.46. The smallest absolute Gasteiger partial charge is 0.132 e. The van der Waals surface area contributed by atoms with Crippen LogP contribution in [0.3, 0.4) is 0 Å². The molecule has 0 unspecified atom stereocenters. The van der Waals surface area contributed by atoms with Crippen LogP contribution in [-0.4, -0.2) is 19.3 Å². The van der Waals surface area contributed by atoms with Gasteiger partial charge in [0.25, 0.3) is 0 Å². The van der Waals surface area contributed by atoms with E-state index < -0.39 is 0 Å². The van der Waals surface area contributed by atoms with Crippen molar-refractivity contribution in [2.24, 2.45) is 7.05 Å². The van der Waals surface area contributed by atoms with Gasteiger partial charge in [-0.05, 0) is 6.92 Å². The zero-order chi connectivity index (χ0) is 15.1. The number of aromatic nitrogens is 4.